The summed E-state index contributed by atoms with van der Waals surface area (Å²) in [6, 6.07) is 22.9. The first-order valence-corrected chi connectivity index (χ1v) is 12.0. The molecule has 6 heteroatoms. The van der Waals surface area contributed by atoms with Gasteiger partial charge in [0.15, 0.2) is 0 Å². The Labute approximate surface area is 211 Å². The highest BCUT2D eigenvalue weighted by Crippen LogP contribution is 2.39. The largest absolute Gasteiger partial charge is 0.464 e. The fraction of sp³-hybridized carbons (Fsp3) is 0.129. The van der Waals surface area contributed by atoms with Crippen molar-refractivity contribution in [3.8, 4) is 28.2 Å². The first-order chi connectivity index (χ1) is 17.7. The smallest absolute Gasteiger partial charge is 0.145 e. The topological polar surface area (TPSA) is 31.0 Å². The van der Waals surface area contributed by atoms with Crippen LogP contribution in [0, 0.1) is 17.5 Å². The quantitative estimate of drug-likeness (QED) is 0.245. The second-order valence-corrected chi connectivity index (χ2v) is 10.1. The van der Waals surface area contributed by atoms with Crippen molar-refractivity contribution in [3.05, 3.63) is 108 Å². The summed E-state index contributed by atoms with van der Waals surface area (Å²) in [6.45, 7) is 6.50. The summed E-state index contributed by atoms with van der Waals surface area (Å²) >= 11 is 0. The molecule has 184 valence electrons. The molecule has 6 aromatic rings. The number of furan rings is 1. The Kier molecular flexibility index (Phi) is 5.23. The number of fused-ring (bicyclic) bond motifs is 2. The van der Waals surface area contributed by atoms with E-state index >= 15 is 0 Å². The summed E-state index contributed by atoms with van der Waals surface area (Å²) in [6.07, 6.45) is 1.30. The van der Waals surface area contributed by atoms with Gasteiger partial charge in [0.1, 0.15) is 28.9 Å². The first kappa shape index (κ1) is 23.1. The van der Waals surface area contributed by atoms with Crippen LogP contribution in [-0.2, 0) is 5.41 Å². The fourth-order valence-corrected chi connectivity index (χ4v) is 4.93. The molecule has 0 saturated heterocycles. The SMILES string of the molecule is CC(C)(C)c1ccccc1-n1c(-c2ccc3occ(-c4c(F)cc(F)cc4F)c3c2)nc2ccccc21. The lowest BCUT2D eigenvalue weighted by Gasteiger charge is -2.24. The first-order valence-electron chi connectivity index (χ1n) is 12.0. The molecule has 0 radical (unpaired) electrons. The van der Waals surface area contributed by atoms with Crippen LogP contribution in [0.25, 0.3) is 50.2 Å². The van der Waals surface area contributed by atoms with E-state index in [1.807, 2.05) is 48.5 Å². The molecular formula is C31H23F3N2O. The van der Waals surface area contributed by atoms with Crippen LogP contribution in [0.4, 0.5) is 13.2 Å². The number of hydrogen-bond acceptors (Lipinski definition) is 2. The number of nitrogens with zero attached hydrogens (tertiary/aromatic N) is 2. The van der Waals surface area contributed by atoms with Gasteiger partial charge < -0.3 is 4.42 Å². The van der Waals surface area contributed by atoms with Gasteiger partial charge in [0.05, 0.1) is 28.5 Å². The van der Waals surface area contributed by atoms with E-state index in [4.69, 9.17) is 9.40 Å². The highest BCUT2D eigenvalue weighted by Gasteiger charge is 2.24. The minimum Gasteiger partial charge on any atom is -0.464 e. The molecule has 0 aliphatic carbocycles. The molecule has 0 unspecified atom stereocenters. The van der Waals surface area contributed by atoms with Crippen molar-refractivity contribution in [2.75, 3.05) is 0 Å². The molecule has 3 nitrogen and oxygen atoms in total. The lowest BCUT2D eigenvalue weighted by atomic mass is 9.85. The molecule has 0 bridgehead atoms. The Hall–Kier alpha value is -4.32. The number of para-hydroxylation sites is 3. The molecule has 0 fully saturated rings. The molecule has 6 rings (SSSR count). The Balaban J connectivity index is 1.63. The van der Waals surface area contributed by atoms with Crippen molar-refractivity contribution in [2.45, 2.75) is 26.2 Å². The second-order valence-electron chi connectivity index (χ2n) is 10.1. The van der Waals surface area contributed by atoms with Crippen LogP contribution in [0.5, 0.6) is 0 Å². The van der Waals surface area contributed by atoms with Crippen molar-refractivity contribution < 1.29 is 17.6 Å². The van der Waals surface area contributed by atoms with Gasteiger partial charge in [-0.3, -0.25) is 4.57 Å². The van der Waals surface area contributed by atoms with Crippen LogP contribution in [-0.4, -0.2) is 9.55 Å². The van der Waals surface area contributed by atoms with Crippen LogP contribution in [0.1, 0.15) is 26.3 Å². The Bertz CT molecular complexity index is 1780. The molecule has 0 saturated carbocycles. The standard InChI is InChI=1S/C31H23F3N2O/c1-31(2,3)22-8-4-6-10-26(22)36-27-11-7-5-9-25(27)35-30(36)18-12-13-28-20(14-18)21(17-37-28)29-23(33)15-19(32)16-24(29)34/h4-17H,1-3H3. The molecule has 0 atom stereocenters. The minimum absolute atomic E-state index is 0.126. The zero-order chi connectivity index (χ0) is 25.9. The van der Waals surface area contributed by atoms with Crippen LogP contribution < -0.4 is 0 Å². The van der Waals surface area contributed by atoms with E-state index < -0.39 is 17.5 Å². The van der Waals surface area contributed by atoms with Crippen molar-refractivity contribution in [1.29, 1.82) is 0 Å². The van der Waals surface area contributed by atoms with Crippen LogP contribution in [0.3, 0.4) is 0 Å². The molecule has 2 aromatic heterocycles. The number of hydrogen-bond donors (Lipinski definition) is 0. The Morgan fingerprint density at radius 1 is 0.811 bits per heavy atom. The highest BCUT2D eigenvalue weighted by atomic mass is 19.1. The number of rotatable bonds is 3. The number of benzene rings is 4. The minimum atomic E-state index is -0.989. The summed E-state index contributed by atoms with van der Waals surface area (Å²) in [7, 11) is 0. The van der Waals surface area contributed by atoms with Gasteiger partial charge in [0, 0.05) is 28.6 Å². The Morgan fingerprint density at radius 2 is 1.51 bits per heavy atom. The number of aromatic nitrogens is 2. The third kappa shape index (κ3) is 3.80. The van der Waals surface area contributed by atoms with Crippen LogP contribution >= 0.6 is 0 Å². The molecule has 0 N–H and O–H groups in total. The lowest BCUT2D eigenvalue weighted by molar-refractivity contribution is 0.547. The molecule has 0 amide bonds. The zero-order valence-electron chi connectivity index (χ0n) is 20.5. The Morgan fingerprint density at radius 3 is 2.27 bits per heavy atom. The molecule has 0 aliphatic rings. The van der Waals surface area contributed by atoms with Crippen molar-refractivity contribution >= 4 is 22.0 Å². The fourth-order valence-electron chi connectivity index (χ4n) is 4.93. The summed E-state index contributed by atoms with van der Waals surface area (Å²) in [5.41, 5.74) is 4.88. The number of halogens is 3. The zero-order valence-corrected chi connectivity index (χ0v) is 20.5. The normalized spacial score (nSPS) is 12.1. The second kappa shape index (κ2) is 8.37. The predicted octanol–water partition coefficient (Wildman–Crippen LogP) is 8.82. The van der Waals surface area contributed by atoms with E-state index in [0.29, 0.717) is 28.9 Å². The average Bonchev–Trinajstić information content (AvgIpc) is 3.44. The van der Waals surface area contributed by atoms with E-state index in [-0.39, 0.29) is 16.5 Å². The van der Waals surface area contributed by atoms with Crippen LogP contribution in [0.2, 0.25) is 0 Å². The van der Waals surface area contributed by atoms with E-state index in [0.717, 1.165) is 27.8 Å². The van der Waals surface area contributed by atoms with Crippen molar-refractivity contribution in [1.82, 2.24) is 9.55 Å². The molecule has 37 heavy (non-hydrogen) atoms. The van der Waals surface area contributed by atoms with Crippen LogP contribution in [0.15, 0.2) is 89.5 Å². The molecular weight excluding hydrogens is 473 g/mol. The summed E-state index contributed by atoms with van der Waals surface area (Å²) in [5.74, 6) is -2.26. The maximum atomic E-state index is 14.7. The van der Waals surface area contributed by atoms with Gasteiger partial charge in [-0.15, -0.1) is 0 Å². The summed E-state index contributed by atoms with van der Waals surface area (Å²) in [5, 5.41) is 0.504. The molecule has 4 aromatic carbocycles. The summed E-state index contributed by atoms with van der Waals surface area (Å²) < 4.78 is 50.6. The lowest BCUT2D eigenvalue weighted by Crippen LogP contribution is -2.15. The molecule has 2 heterocycles. The van der Waals surface area contributed by atoms with Gasteiger partial charge in [0.2, 0.25) is 0 Å². The van der Waals surface area contributed by atoms with Crippen molar-refractivity contribution in [2.24, 2.45) is 0 Å². The van der Waals surface area contributed by atoms with Gasteiger partial charge in [-0.1, -0.05) is 51.1 Å². The molecule has 0 spiro atoms. The highest BCUT2D eigenvalue weighted by molar-refractivity contribution is 5.97. The third-order valence-corrected chi connectivity index (χ3v) is 6.62. The van der Waals surface area contributed by atoms with E-state index in [1.165, 1.54) is 6.26 Å². The summed E-state index contributed by atoms with van der Waals surface area (Å²) in [4.78, 5) is 4.96. The third-order valence-electron chi connectivity index (χ3n) is 6.62. The van der Waals surface area contributed by atoms with Gasteiger partial charge >= 0.3 is 0 Å². The average molecular weight is 497 g/mol. The monoisotopic (exact) mass is 496 g/mol. The van der Waals surface area contributed by atoms with Gasteiger partial charge in [-0.05, 0) is 47.4 Å². The van der Waals surface area contributed by atoms with E-state index in [2.05, 4.69) is 37.5 Å². The molecule has 0 aliphatic heterocycles. The number of imidazole rings is 1. The van der Waals surface area contributed by atoms with Crippen molar-refractivity contribution in [3.63, 3.8) is 0 Å². The van der Waals surface area contributed by atoms with E-state index in [1.54, 1.807) is 6.07 Å². The van der Waals surface area contributed by atoms with Gasteiger partial charge in [0.25, 0.3) is 0 Å². The predicted molar refractivity (Wildman–Crippen MR) is 140 cm³/mol. The van der Waals surface area contributed by atoms with E-state index in [9.17, 15) is 13.2 Å². The van der Waals surface area contributed by atoms with Gasteiger partial charge in [-0.25, -0.2) is 18.2 Å². The maximum Gasteiger partial charge on any atom is 0.145 e. The maximum absolute atomic E-state index is 14.7. The van der Waals surface area contributed by atoms with Gasteiger partial charge in [-0.2, -0.15) is 0 Å².